The third kappa shape index (κ3) is 4.72. The van der Waals surface area contributed by atoms with Crippen molar-refractivity contribution in [3.05, 3.63) is 29.6 Å². The first-order chi connectivity index (χ1) is 9.25. The number of rotatable bonds is 6. The highest BCUT2D eigenvalue weighted by Crippen LogP contribution is 2.21. The molecule has 0 aliphatic carbocycles. The van der Waals surface area contributed by atoms with Crippen LogP contribution < -0.4 is 4.72 Å². The van der Waals surface area contributed by atoms with E-state index in [1.165, 1.54) is 0 Å². The van der Waals surface area contributed by atoms with E-state index < -0.39 is 44.9 Å². The lowest BCUT2D eigenvalue weighted by Gasteiger charge is -2.09. The molecular weight excluding hydrogens is 299 g/mol. The Bertz CT molecular complexity index is 581. The Morgan fingerprint density at radius 3 is 2.30 bits per heavy atom. The lowest BCUT2D eigenvalue weighted by atomic mass is 10.3. The summed E-state index contributed by atoms with van der Waals surface area (Å²) in [4.78, 5) is 10.8. The molecule has 5 nitrogen and oxygen atoms in total. The summed E-state index contributed by atoms with van der Waals surface area (Å²) in [6, 6.07) is 0.713. The van der Waals surface area contributed by atoms with E-state index >= 15 is 0 Å². The Morgan fingerprint density at radius 2 is 1.80 bits per heavy atom. The highest BCUT2D eigenvalue weighted by atomic mass is 32.2. The van der Waals surface area contributed by atoms with E-state index in [-0.39, 0.29) is 12.8 Å². The monoisotopic (exact) mass is 311 g/mol. The van der Waals surface area contributed by atoms with Crippen LogP contribution in [0, 0.1) is 17.5 Å². The van der Waals surface area contributed by atoms with Gasteiger partial charge >= 0.3 is 5.97 Å². The molecule has 1 aromatic rings. The van der Waals surface area contributed by atoms with Crippen LogP contribution in [0.5, 0.6) is 0 Å². The molecule has 20 heavy (non-hydrogen) atoms. The summed E-state index contributed by atoms with van der Waals surface area (Å²) in [7, 11) is -2.91. The van der Waals surface area contributed by atoms with Crippen LogP contribution in [0.4, 0.5) is 18.9 Å². The van der Waals surface area contributed by atoms with Crippen molar-refractivity contribution in [3.8, 4) is 0 Å². The molecule has 112 valence electrons. The van der Waals surface area contributed by atoms with E-state index in [0.717, 1.165) is 7.11 Å². The number of anilines is 1. The van der Waals surface area contributed by atoms with Crippen molar-refractivity contribution in [1.29, 1.82) is 0 Å². The van der Waals surface area contributed by atoms with Crippen LogP contribution >= 0.6 is 0 Å². The Morgan fingerprint density at radius 1 is 1.25 bits per heavy atom. The average Bonchev–Trinajstić information content (AvgIpc) is 2.33. The van der Waals surface area contributed by atoms with E-state index in [1.54, 1.807) is 4.72 Å². The van der Waals surface area contributed by atoms with Gasteiger partial charge in [-0.3, -0.25) is 9.52 Å². The maximum Gasteiger partial charge on any atom is 0.305 e. The summed E-state index contributed by atoms with van der Waals surface area (Å²) < 4.78 is 68.3. The van der Waals surface area contributed by atoms with Crippen molar-refractivity contribution < 1.29 is 31.1 Å². The summed E-state index contributed by atoms with van der Waals surface area (Å²) in [6.45, 7) is 0. The van der Waals surface area contributed by atoms with Gasteiger partial charge in [-0.2, -0.15) is 0 Å². The van der Waals surface area contributed by atoms with E-state index in [2.05, 4.69) is 4.74 Å². The third-order valence-corrected chi connectivity index (χ3v) is 3.63. The molecule has 0 spiro atoms. The number of methoxy groups -OCH3 is 1. The first kappa shape index (κ1) is 16.3. The number of halogens is 3. The summed E-state index contributed by atoms with van der Waals surface area (Å²) in [5.74, 6) is -5.01. The first-order valence-corrected chi connectivity index (χ1v) is 7.12. The molecule has 9 heteroatoms. The molecule has 0 saturated carbocycles. The number of carbonyl (C=O) groups excluding carboxylic acids is 1. The molecule has 0 aliphatic rings. The third-order valence-electron chi connectivity index (χ3n) is 2.29. The second kappa shape index (κ2) is 6.60. The summed E-state index contributed by atoms with van der Waals surface area (Å²) in [5.41, 5.74) is -0.954. The first-order valence-electron chi connectivity index (χ1n) is 5.47. The number of benzene rings is 1. The molecule has 1 rings (SSSR count). The van der Waals surface area contributed by atoms with E-state index in [9.17, 15) is 26.4 Å². The Hall–Kier alpha value is -1.77. The predicted molar refractivity (Wildman–Crippen MR) is 65.0 cm³/mol. The Kier molecular flexibility index (Phi) is 5.37. The summed E-state index contributed by atoms with van der Waals surface area (Å²) >= 11 is 0. The van der Waals surface area contributed by atoms with Gasteiger partial charge in [0.15, 0.2) is 11.6 Å². The highest BCUT2D eigenvalue weighted by Gasteiger charge is 2.18. The minimum absolute atomic E-state index is 0.0769. The van der Waals surface area contributed by atoms with Crippen molar-refractivity contribution in [1.82, 2.24) is 0 Å². The zero-order chi connectivity index (χ0) is 15.3. The van der Waals surface area contributed by atoms with E-state index in [1.807, 2.05) is 0 Å². The fourth-order valence-electron chi connectivity index (χ4n) is 1.35. The van der Waals surface area contributed by atoms with E-state index in [0.29, 0.717) is 12.1 Å². The fourth-order valence-corrected chi connectivity index (χ4v) is 2.49. The van der Waals surface area contributed by atoms with Crippen LogP contribution in [-0.4, -0.2) is 27.2 Å². The van der Waals surface area contributed by atoms with Gasteiger partial charge < -0.3 is 4.74 Å². The number of sulfonamides is 1. The molecule has 0 atom stereocenters. The predicted octanol–water partition coefficient (Wildman–Crippen LogP) is 1.80. The van der Waals surface area contributed by atoms with E-state index in [4.69, 9.17) is 0 Å². The molecule has 0 fully saturated rings. The van der Waals surface area contributed by atoms with Gasteiger partial charge in [-0.1, -0.05) is 0 Å². The zero-order valence-corrected chi connectivity index (χ0v) is 11.3. The van der Waals surface area contributed by atoms with Crippen molar-refractivity contribution in [2.45, 2.75) is 12.8 Å². The molecule has 0 bridgehead atoms. The SMILES string of the molecule is COC(=O)CCCS(=O)(=O)Nc1c(F)cc(F)cc1F. The van der Waals surface area contributed by atoms with Crippen LogP contribution in [0.25, 0.3) is 0 Å². The van der Waals surface area contributed by atoms with Crippen LogP contribution in [0.1, 0.15) is 12.8 Å². The topological polar surface area (TPSA) is 72.5 Å². The van der Waals surface area contributed by atoms with Crippen molar-refractivity contribution >= 4 is 21.7 Å². The van der Waals surface area contributed by atoms with Gasteiger partial charge in [-0.25, -0.2) is 21.6 Å². The minimum Gasteiger partial charge on any atom is -0.469 e. The maximum absolute atomic E-state index is 13.3. The fraction of sp³-hybridized carbons (Fsp3) is 0.364. The molecule has 0 saturated heterocycles. The number of hydrogen-bond acceptors (Lipinski definition) is 4. The molecule has 0 heterocycles. The molecule has 0 unspecified atom stereocenters. The van der Waals surface area contributed by atoms with Gasteiger partial charge in [0.1, 0.15) is 11.5 Å². The van der Waals surface area contributed by atoms with Gasteiger partial charge in [0.05, 0.1) is 12.9 Å². The number of nitrogens with one attached hydrogen (secondary N) is 1. The lowest BCUT2D eigenvalue weighted by molar-refractivity contribution is -0.140. The Labute approximate surface area is 113 Å². The minimum atomic E-state index is -4.06. The maximum atomic E-state index is 13.3. The van der Waals surface area contributed by atoms with Gasteiger partial charge in [0.25, 0.3) is 0 Å². The standard InChI is InChI=1S/C11H12F3NO4S/c1-19-10(16)3-2-4-20(17,18)15-11-8(13)5-7(12)6-9(11)14/h5-6,15H,2-4H2,1H3. The zero-order valence-electron chi connectivity index (χ0n) is 10.5. The normalized spacial score (nSPS) is 11.2. The lowest BCUT2D eigenvalue weighted by Crippen LogP contribution is -2.19. The quantitative estimate of drug-likeness (QED) is 0.813. The van der Waals surface area contributed by atoms with Crippen LogP contribution in [-0.2, 0) is 19.6 Å². The largest absolute Gasteiger partial charge is 0.469 e. The molecule has 0 aromatic heterocycles. The summed E-state index contributed by atoms with van der Waals surface area (Å²) in [5, 5.41) is 0. The molecule has 0 amide bonds. The van der Waals surface area contributed by atoms with Gasteiger partial charge in [0.2, 0.25) is 10.0 Å². The number of carbonyl (C=O) groups is 1. The van der Waals surface area contributed by atoms with Gasteiger partial charge in [-0.15, -0.1) is 0 Å². The highest BCUT2D eigenvalue weighted by molar-refractivity contribution is 7.92. The van der Waals surface area contributed by atoms with Crippen molar-refractivity contribution in [3.63, 3.8) is 0 Å². The molecule has 1 N–H and O–H groups in total. The smallest absolute Gasteiger partial charge is 0.305 e. The van der Waals surface area contributed by atoms with Crippen molar-refractivity contribution in [2.75, 3.05) is 17.6 Å². The average molecular weight is 311 g/mol. The number of esters is 1. The second-order valence-electron chi connectivity index (χ2n) is 3.85. The van der Waals surface area contributed by atoms with Crippen LogP contribution in [0.3, 0.4) is 0 Å². The van der Waals surface area contributed by atoms with Crippen LogP contribution in [0.2, 0.25) is 0 Å². The summed E-state index contributed by atoms with van der Waals surface area (Å²) in [6.07, 6.45) is -0.224. The Balaban J connectivity index is 2.74. The number of ether oxygens (including phenoxy) is 1. The molecule has 1 aromatic carbocycles. The molecule has 0 radical (unpaired) electrons. The molecule has 0 aliphatic heterocycles. The van der Waals surface area contributed by atoms with Crippen molar-refractivity contribution in [2.24, 2.45) is 0 Å². The van der Waals surface area contributed by atoms with Gasteiger partial charge in [-0.05, 0) is 6.42 Å². The van der Waals surface area contributed by atoms with Crippen LogP contribution in [0.15, 0.2) is 12.1 Å². The second-order valence-corrected chi connectivity index (χ2v) is 5.69. The number of hydrogen-bond donors (Lipinski definition) is 1. The molecular formula is C11H12F3NO4S. The van der Waals surface area contributed by atoms with Gasteiger partial charge in [0, 0.05) is 18.6 Å².